The number of nitrogens with two attached hydrogens (primary N) is 1. The van der Waals surface area contributed by atoms with E-state index in [1.165, 1.54) is 37.8 Å². The van der Waals surface area contributed by atoms with Crippen molar-refractivity contribution in [1.29, 1.82) is 0 Å². The first-order chi connectivity index (χ1) is 9.60. The van der Waals surface area contributed by atoms with Gasteiger partial charge in [-0.2, -0.15) is 0 Å². The van der Waals surface area contributed by atoms with Gasteiger partial charge >= 0.3 is 0 Å². The molecule has 0 heterocycles. The van der Waals surface area contributed by atoms with Crippen molar-refractivity contribution in [1.82, 2.24) is 5.43 Å². The first-order valence-electron chi connectivity index (χ1n) is 7.80. The molecule has 3 N–H and O–H groups in total. The second-order valence-corrected chi connectivity index (χ2v) is 6.52. The van der Waals surface area contributed by atoms with Crippen LogP contribution >= 0.6 is 0 Å². The van der Waals surface area contributed by atoms with Crippen LogP contribution in [0, 0.1) is 23.6 Å². The van der Waals surface area contributed by atoms with E-state index in [1.807, 2.05) is 12.1 Å². The molecule has 3 heteroatoms. The zero-order chi connectivity index (χ0) is 14.5. The molecule has 1 aliphatic carbocycles. The molecule has 0 saturated heterocycles. The molecule has 1 atom stereocenters. The van der Waals surface area contributed by atoms with Crippen molar-refractivity contribution in [3.8, 4) is 0 Å². The third-order valence-corrected chi connectivity index (χ3v) is 4.91. The number of halogens is 1. The molecule has 0 aromatic heterocycles. The molecule has 2 nitrogen and oxygen atoms in total. The summed E-state index contributed by atoms with van der Waals surface area (Å²) in [6.45, 7) is 4.64. The lowest BCUT2D eigenvalue weighted by Crippen LogP contribution is -2.44. The summed E-state index contributed by atoms with van der Waals surface area (Å²) in [6, 6.07) is 7.07. The number of rotatable bonds is 5. The summed E-state index contributed by atoms with van der Waals surface area (Å²) < 4.78 is 12.9. The lowest BCUT2D eigenvalue weighted by molar-refractivity contribution is 0.188. The molecular weight excluding hydrogens is 251 g/mol. The maximum absolute atomic E-state index is 12.9. The molecule has 1 fully saturated rings. The number of nitrogens with one attached hydrogen (secondary N) is 1. The largest absolute Gasteiger partial charge is 0.271 e. The van der Waals surface area contributed by atoms with Crippen LogP contribution < -0.4 is 11.3 Å². The van der Waals surface area contributed by atoms with E-state index in [4.69, 9.17) is 5.84 Å². The topological polar surface area (TPSA) is 38.0 Å². The second kappa shape index (κ2) is 7.19. The van der Waals surface area contributed by atoms with Crippen molar-refractivity contribution < 1.29 is 4.39 Å². The minimum atomic E-state index is -0.177. The van der Waals surface area contributed by atoms with Crippen LogP contribution in [0.1, 0.15) is 45.1 Å². The SMILES string of the molecule is CC(C)C1CCC(C(Cc2ccc(F)cc2)NN)CC1. The number of hydrazine groups is 1. The fourth-order valence-electron chi connectivity index (χ4n) is 3.45. The van der Waals surface area contributed by atoms with Crippen LogP contribution in [0.3, 0.4) is 0 Å². The van der Waals surface area contributed by atoms with Crippen molar-refractivity contribution >= 4 is 0 Å². The number of hydrogen-bond donors (Lipinski definition) is 2. The predicted octanol–water partition coefficient (Wildman–Crippen LogP) is 3.66. The monoisotopic (exact) mass is 278 g/mol. The van der Waals surface area contributed by atoms with Gasteiger partial charge in [-0.3, -0.25) is 11.3 Å². The van der Waals surface area contributed by atoms with Crippen LogP contribution in [-0.2, 0) is 6.42 Å². The van der Waals surface area contributed by atoms with Crippen molar-refractivity contribution in [2.24, 2.45) is 23.6 Å². The molecule has 1 saturated carbocycles. The molecule has 1 aliphatic rings. The Bertz CT molecular complexity index is 394. The summed E-state index contributed by atoms with van der Waals surface area (Å²) in [5.41, 5.74) is 4.14. The Balaban J connectivity index is 1.91. The summed E-state index contributed by atoms with van der Waals surface area (Å²) in [7, 11) is 0. The van der Waals surface area contributed by atoms with Gasteiger partial charge in [-0.1, -0.05) is 26.0 Å². The Morgan fingerprint density at radius 2 is 1.65 bits per heavy atom. The molecule has 2 rings (SSSR count). The van der Waals surface area contributed by atoms with Crippen molar-refractivity contribution in [3.05, 3.63) is 35.6 Å². The maximum atomic E-state index is 12.9. The summed E-state index contributed by atoms with van der Waals surface area (Å²) in [6.07, 6.45) is 6.00. The zero-order valence-corrected chi connectivity index (χ0v) is 12.6. The third kappa shape index (κ3) is 4.03. The van der Waals surface area contributed by atoms with Gasteiger partial charge in [0.15, 0.2) is 0 Å². The van der Waals surface area contributed by atoms with E-state index in [1.54, 1.807) is 0 Å². The molecule has 0 aliphatic heterocycles. The standard InChI is InChI=1S/C17H27FN2/c1-12(2)14-5-7-15(8-6-14)17(20-19)11-13-3-9-16(18)10-4-13/h3-4,9-10,12,14-15,17,20H,5-8,11,19H2,1-2H3. The molecule has 1 aromatic carbocycles. The van der Waals surface area contributed by atoms with Gasteiger partial charge in [-0.15, -0.1) is 0 Å². The highest BCUT2D eigenvalue weighted by molar-refractivity contribution is 5.17. The van der Waals surface area contributed by atoms with Gasteiger partial charge < -0.3 is 0 Å². The summed E-state index contributed by atoms with van der Waals surface area (Å²) >= 11 is 0. The Hall–Kier alpha value is -0.930. The van der Waals surface area contributed by atoms with Crippen LogP contribution in [0.5, 0.6) is 0 Å². The second-order valence-electron chi connectivity index (χ2n) is 6.52. The smallest absolute Gasteiger partial charge is 0.123 e. The van der Waals surface area contributed by atoms with Gasteiger partial charge in [0.1, 0.15) is 5.82 Å². The van der Waals surface area contributed by atoms with E-state index in [9.17, 15) is 4.39 Å². The van der Waals surface area contributed by atoms with Crippen molar-refractivity contribution in [2.75, 3.05) is 0 Å². The Labute approximate surface area is 121 Å². The first-order valence-corrected chi connectivity index (χ1v) is 7.80. The average Bonchev–Trinajstić information content (AvgIpc) is 2.47. The van der Waals surface area contributed by atoms with Gasteiger partial charge in [0.2, 0.25) is 0 Å². The van der Waals surface area contributed by atoms with Crippen molar-refractivity contribution in [2.45, 2.75) is 52.0 Å². The molecule has 112 valence electrons. The molecular formula is C17H27FN2. The summed E-state index contributed by atoms with van der Waals surface area (Å²) in [4.78, 5) is 0. The lowest BCUT2D eigenvalue weighted by Gasteiger charge is -2.35. The zero-order valence-electron chi connectivity index (χ0n) is 12.6. The Kier molecular flexibility index (Phi) is 5.55. The molecule has 1 unspecified atom stereocenters. The van der Waals surface area contributed by atoms with Gasteiger partial charge in [-0.05, 0) is 67.6 Å². The van der Waals surface area contributed by atoms with Gasteiger partial charge in [0, 0.05) is 6.04 Å². The fraction of sp³-hybridized carbons (Fsp3) is 0.647. The number of benzene rings is 1. The van der Waals surface area contributed by atoms with Crippen LogP contribution in [-0.4, -0.2) is 6.04 Å². The normalized spacial score (nSPS) is 24.9. The molecule has 0 radical (unpaired) electrons. The summed E-state index contributed by atoms with van der Waals surface area (Å²) in [5.74, 6) is 7.87. The van der Waals surface area contributed by atoms with Gasteiger partial charge in [-0.25, -0.2) is 4.39 Å². The average molecular weight is 278 g/mol. The maximum Gasteiger partial charge on any atom is 0.123 e. The summed E-state index contributed by atoms with van der Waals surface area (Å²) in [5, 5.41) is 0. The highest BCUT2D eigenvalue weighted by Crippen LogP contribution is 2.35. The van der Waals surface area contributed by atoms with Crippen LogP contribution in [0.2, 0.25) is 0 Å². The van der Waals surface area contributed by atoms with E-state index >= 15 is 0 Å². The molecule has 0 bridgehead atoms. The molecule has 0 spiro atoms. The highest BCUT2D eigenvalue weighted by atomic mass is 19.1. The lowest BCUT2D eigenvalue weighted by atomic mass is 9.74. The molecule has 20 heavy (non-hydrogen) atoms. The minimum absolute atomic E-state index is 0.177. The Morgan fingerprint density at radius 1 is 1.10 bits per heavy atom. The quantitative estimate of drug-likeness (QED) is 0.637. The van der Waals surface area contributed by atoms with E-state index in [2.05, 4.69) is 19.3 Å². The Morgan fingerprint density at radius 3 is 2.15 bits per heavy atom. The van der Waals surface area contributed by atoms with E-state index in [-0.39, 0.29) is 5.82 Å². The fourth-order valence-corrected chi connectivity index (χ4v) is 3.45. The van der Waals surface area contributed by atoms with E-state index in [0.29, 0.717) is 12.0 Å². The van der Waals surface area contributed by atoms with Crippen LogP contribution in [0.4, 0.5) is 4.39 Å². The number of hydrogen-bond acceptors (Lipinski definition) is 2. The highest BCUT2D eigenvalue weighted by Gasteiger charge is 2.28. The minimum Gasteiger partial charge on any atom is -0.271 e. The van der Waals surface area contributed by atoms with Crippen LogP contribution in [0.25, 0.3) is 0 Å². The van der Waals surface area contributed by atoms with E-state index < -0.39 is 0 Å². The molecule has 1 aromatic rings. The van der Waals surface area contributed by atoms with Crippen molar-refractivity contribution in [3.63, 3.8) is 0 Å². The third-order valence-electron chi connectivity index (χ3n) is 4.91. The molecule has 0 amide bonds. The van der Waals surface area contributed by atoms with E-state index in [0.717, 1.165) is 23.8 Å². The van der Waals surface area contributed by atoms with Crippen LogP contribution in [0.15, 0.2) is 24.3 Å². The predicted molar refractivity (Wildman–Crippen MR) is 81.5 cm³/mol. The van der Waals surface area contributed by atoms with Gasteiger partial charge in [0.25, 0.3) is 0 Å². The first kappa shape index (κ1) is 15.5. The van der Waals surface area contributed by atoms with Gasteiger partial charge in [0.05, 0.1) is 0 Å².